The molecular formula is C31H37B2NO6P. The number of benzene rings is 3. The van der Waals surface area contributed by atoms with Crippen molar-refractivity contribution in [1.82, 2.24) is 4.90 Å². The molecule has 1 heterocycles. The van der Waals surface area contributed by atoms with Gasteiger partial charge in [-0.2, -0.15) is 0 Å². The zero-order valence-corrected chi connectivity index (χ0v) is 24.6. The van der Waals surface area contributed by atoms with Gasteiger partial charge in [0.2, 0.25) is 0 Å². The summed E-state index contributed by atoms with van der Waals surface area (Å²) in [6.45, 7) is 7.29. The van der Waals surface area contributed by atoms with E-state index in [4.69, 9.17) is 18.9 Å². The number of carbonyl (C=O) groups excluding carboxylic acids is 1. The van der Waals surface area contributed by atoms with Gasteiger partial charge in [0.1, 0.15) is 0 Å². The molecule has 1 aliphatic heterocycles. The van der Waals surface area contributed by atoms with Gasteiger partial charge in [0.05, 0.1) is 0 Å². The number of carbonyl (C=O) groups is 1. The Kier molecular flexibility index (Phi) is 12.6. The molecule has 6 atom stereocenters. The first kappa shape index (κ1) is 31.1. The fourth-order valence-corrected chi connectivity index (χ4v) is 6.22. The second-order valence-corrected chi connectivity index (χ2v) is 11.6. The molecule has 0 aromatic heterocycles. The topological polar surface area (TPSA) is 74.3 Å². The van der Waals surface area contributed by atoms with Crippen molar-refractivity contribution in [2.24, 2.45) is 11.8 Å². The van der Waals surface area contributed by atoms with Gasteiger partial charge in [-0.1, -0.05) is 36.4 Å². The summed E-state index contributed by atoms with van der Waals surface area (Å²) in [7, 11) is 1.19. The normalized spacial score (nSPS) is 22.2. The molecule has 3 unspecified atom stereocenters. The summed E-state index contributed by atoms with van der Waals surface area (Å²) in [6.07, 6.45) is -1.26. The van der Waals surface area contributed by atoms with Crippen LogP contribution in [-0.4, -0.2) is 56.3 Å². The van der Waals surface area contributed by atoms with E-state index in [0.717, 1.165) is 23.7 Å². The fourth-order valence-electron chi connectivity index (χ4n) is 4.94. The van der Waals surface area contributed by atoms with Gasteiger partial charge in [0.15, 0.2) is 0 Å². The van der Waals surface area contributed by atoms with Crippen molar-refractivity contribution in [3.63, 3.8) is 0 Å². The first-order valence-electron chi connectivity index (χ1n) is 14.0. The Morgan fingerprint density at radius 2 is 1.44 bits per heavy atom. The molecule has 1 aliphatic rings. The predicted octanol–water partition coefficient (Wildman–Crippen LogP) is 5.64. The molecule has 213 valence electrons. The first-order valence-corrected chi connectivity index (χ1v) is 15.1. The number of hydrogen-bond donors (Lipinski definition) is 0. The Hall–Kier alpha value is -2.83. The van der Waals surface area contributed by atoms with E-state index in [1.165, 1.54) is 0 Å². The van der Waals surface area contributed by atoms with E-state index < -0.39 is 12.4 Å². The Bertz CT molecular complexity index is 1190. The molecule has 3 aromatic rings. The SMILES string of the molecule is CC1[C@@H](OCN(Cc2ccccc2)C(=O)OCc2ccccc2)OC(COCc2ccccc2)[C@@H](C)[C@@H]1P[B]B=O. The maximum atomic E-state index is 13.2. The van der Waals surface area contributed by atoms with Crippen molar-refractivity contribution in [2.45, 2.75) is 51.7 Å². The van der Waals surface area contributed by atoms with Crippen molar-refractivity contribution in [3.8, 4) is 0 Å². The summed E-state index contributed by atoms with van der Waals surface area (Å²) in [6, 6.07) is 29.3. The van der Waals surface area contributed by atoms with Crippen LogP contribution in [0.4, 0.5) is 4.79 Å². The maximum absolute atomic E-state index is 13.2. The van der Waals surface area contributed by atoms with E-state index in [0.29, 0.717) is 28.2 Å². The molecule has 41 heavy (non-hydrogen) atoms. The molecule has 10 heteroatoms. The number of ether oxygens (including phenoxy) is 4. The Balaban J connectivity index is 1.42. The fraction of sp³-hybridized carbons (Fsp3) is 0.387. The van der Waals surface area contributed by atoms with E-state index in [9.17, 15) is 9.50 Å². The van der Waals surface area contributed by atoms with Crippen LogP contribution in [0.1, 0.15) is 30.5 Å². The Labute approximate surface area is 246 Å². The summed E-state index contributed by atoms with van der Waals surface area (Å²) in [4.78, 5) is 14.7. The van der Waals surface area contributed by atoms with Crippen molar-refractivity contribution in [1.29, 1.82) is 0 Å². The Morgan fingerprint density at radius 3 is 2.05 bits per heavy atom. The van der Waals surface area contributed by atoms with Gasteiger partial charge in [-0.25, -0.2) is 0 Å². The third kappa shape index (κ3) is 9.61. The average Bonchev–Trinajstić information content (AvgIpc) is 3.01. The zero-order chi connectivity index (χ0) is 28.9. The Morgan fingerprint density at radius 1 is 0.854 bits per heavy atom. The molecule has 0 aliphatic carbocycles. The third-order valence-electron chi connectivity index (χ3n) is 7.28. The van der Waals surface area contributed by atoms with E-state index in [1.807, 2.05) is 91.0 Å². The van der Waals surface area contributed by atoms with Crippen LogP contribution in [0.5, 0.6) is 0 Å². The molecule has 0 saturated carbocycles. The summed E-state index contributed by atoms with van der Waals surface area (Å²) in [5.41, 5.74) is 3.15. The molecule has 1 amide bonds. The summed E-state index contributed by atoms with van der Waals surface area (Å²) in [5, 5.41) is 0. The molecule has 1 radical (unpaired) electrons. The van der Waals surface area contributed by atoms with Crippen molar-refractivity contribution in [3.05, 3.63) is 108 Å². The molecule has 0 bridgehead atoms. The predicted molar refractivity (Wildman–Crippen MR) is 162 cm³/mol. The van der Waals surface area contributed by atoms with Crippen LogP contribution in [0.2, 0.25) is 0 Å². The quantitative estimate of drug-likeness (QED) is 0.141. The van der Waals surface area contributed by atoms with Crippen LogP contribution in [0.25, 0.3) is 0 Å². The van der Waals surface area contributed by atoms with Gasteiger partial charge in [0, 0.05) is 0 Å². The summed E-state index contributed by atoms with van der Waals surface area (Å²) in [5.74, 6) is 0.162. The van der Waals surface area contributed by atoms with Gasteiger partial charge < -0.3 is 0 Å². The number of amides is 1. The van der Waals surface area contributed by atoms with Crippen LogP contribution in [0.15, 0.2) is 91.0 Å². The second-order valence-electron chi connectivity index (χ2n) is 10.3. The monoisotopic (exact) mass is 572 g/mol. The minimum atomic E-state index is -0.575. The number of rotatable bonds is 14. The number of nitrogens with zero attached hydrogens (tertiary/aromatic N) is 1. The average molecular weight is 572 g/mol. The second kappa shape index (κ2) is 16.6. The molecule has 1 saturated heterocycles. The van der Waals surface area contributed by atoms with E-state index >= 15 is 0 Å². The van der Waals surface area contributed by atoms with Gasteiger partial charge in [-0.05, 0) is 0 Å². The van der Waals surface area contributed by atoms with Crippen LogP contribution in [-0.2, 0) is 43.4 Å². The van der Waals surface area contributed by atoms with Gasteiger partial charge in [-0.3, -0.25) is 0 Å². The number of hydrogen-bond acceptors (Lipinski definition) is 6. The van der Waals surface area contributed by atoms with E-state index in [-0.39, 0.29) is 36.9 Å². The summed E-state index contributed by atoms with van der Waals surface area (Å²) >= 11 is 0. The summed E-state index contributed by atoms with van der Waals surface area (Å²) < 4.78 is 35.6. The molecule has 1 fully saturated rings. The van der Waals surface area contributed by atoms with Crippen molar-refractivity contribution in [2.75, 3.05) is 13.3 Å². The first-order chi connectivity index (χ1) is 20.0. The van der Waals surface area contributed by atoms with Crippen LogP contribution < -0.4 is 0 Å². The minimum absolute atomic E-state index is 0.00325. The van der Waals surface area contributed by atoms with Gasteiger partial charge in [0.25, 0.3) is 0 Å². The zero-order valence-electron chi connectivity index (χ0n) is 23.6. The van der Waals surface area contributed by atoms with Crippen LogP contribution >= 0.6 is 8.46 Å². The standard InChI is InChI=1S/C31H37B2NO6P/c1-23-28(21-37-19-26-14-8-4-9-15-26)40-30(24(2)29(23)41-33-32-36)39-22-34(18-25-12-6-3-7-13-25)31(35)38-20-27-16-10-5-11-17-27/h3-17,23-24,28-30,41H,18-22H2,1-2H3/t23-,24?,28?,29+,30+/m1/s1. The molecule has 0 spiro atoms. The van der Waals surface area contributed by atoms with Crippen molar-refractivity contribution >= 4 is 28.5 Å². The van der Waals surface area contributed by atoms with Crippen molar-refractivity contribution < 1.29 is 28.4 Å². The molecular weight excluding hydrogens is 535 g/mol. The van der Waals surface area contributed by atoms with E-state index in [1.54, 1.807) is 11.8 Å². The third-order valence-corrected chi connectivity index (χ3v) is 9.05. The van der Waals surface area contributed by atoms with Gasteiger partial charge in [-0.15, -0.1) is 0 Å². The van der Waals surface area contributed by atoms with Crippen LogP contribution in [0, 0.1) is 11.8 Å². The molecule has 7 nitrogen and oxygen atoms in total. The molecule has 4 rings (SSSR count). The molecule has 0 N–H and O–H groups in total. The van der Waals surface area contributed by atoms with E-state index in [2.05, 4.69) is 13.8 Å². The van der Waals surface area contributed by atoms with Gasteiger partial charge >= 0.3 is 210 Å². The molecule has 3 aromatic carbocycles. The van der Waals surface area contributed by atoms with Crippen LogP contribution in [0.3, 0.4) is 0 Å².